The summed E-state index contributed by atoms with van der Waals surface area (Å²) in [5, 5.41) is 19.2. The lowest BCUT2D eigenvalue weighted by Crippen LogP contribution is -2.34. The molecule has 0 aliphatic heterocycles. The lowest BCUT2D eigenvalue weighted by molar-refractivity contribution is 0.102. The third-order valence-electron chi connectivity index (χ3n) is 6.29. The van der Waals surface area contributed by atoms with Crippen LogP contribution in [0.4, 0.5) is 22.1 Å². The van der Waals surface area contributed by atoms with E-state index in [9.17, 15) is 9.59 Å². The summed E-state index contributed by atoms with van der Waals surface area (Å²) >= 11 is 6.11. The Morgan fingerprint density at radius 1 is 0.974 bits per heavy atom. The number of aromatic nitrogens is 4. The summed E-state index contributed by atoms with van der Waals surface area (Å²) in [7, 11) is 0. The quantitative estimate of drug-likeness (QED) is 0.261. The second kappa shape index (κ2) is 11.7. The standard InChI is InChI=1S/C28H26ClN7O2/c29-23-7-4-8-24(17-23)30-28(38)36(25-15-13-21(14-16-25)20-5-2-1-3-6-20)18-19-9-11-22(12-10-19)26(37)31-27-32-34-35-33-27/h4-5,7-17H,1-3,6,18H2,(H,30,38)(H2,31,32,33,34,35,37). The minimum Gasteiger partial charge on any atom is -0.307 e. The van der Waals surface area contributed by atoms with Gasteiger partial charge in [-0.25, -0.2) is 4.79 Å². The smallest absolute Gasteiger partial charge is 0.307 e. The summed E-state index contributed by atoms with van der Waals surface area (Å²) in [6, 6.07) is 21.8. The second-order valence-electron chi connectivity index (χ2n) is 8.94. The van der Waals surface area contributed by atoms with Crippen molar-refractivity contribution in [1.82, 2.24) is 20.6 Å². The number of hydrogen-bond acceptors (Lipinski definition) is 5. The zero-order valence-electron chi connectivity index (χ0n) is 20.5. The molecule has 9 nitrogen and oxygen atoms in total. The number of carbonyl (C=O) groups excluding carboxylic acids is 2. The van der Waals surface area contributed by atoms with Gasteiger partial charge in [0.2, 0.25) is 0 Å². The van der Waals surface area contributed by atoms with Gasteiger partial charge in [0.1, 0.15) is 0 Å². The molecule has 0 unspecified atom stereocenters. The number of benzene rings is 3. The highest BCUT2D eigenvalue weighted by Gasteiger charge is 2.18. The van der Waals surface area contributed by atoms with Gasteiger partial charge in [0.25, 0.3) is 11.9 Å². The van der Waals surface area contributed by atoms with Crippen LogP contribution in [0, 0.1) is 0 Å². The highest BCUT2D eigenvalue weighted by Crippen LogP contribution is 2.29. The molecule has 192 valence electrons. The van der Waals surface area contributed by atoms with E-state index in [0.717, 1.165) is 24.1 Å². The number of nitrogens with one attached hydrogen (secondary N) is 3. The maximum Gasteiger partial charge on any atom is 0.326 e. The van der Waals surface area contributed by atoms with Crippen LogP contribution in [0.15, 0.2) is 78.9 Å². The summed E-state index contributed by atoms with van der Waals surface area (Å²) < 4.78 is 0. The van der Waals surface area contributed by atoms with Crippen LogP contribution in [-0.4, -0.2) is 32.6 Å². The van der Waals surface area contributed by atoms with Crippen molar-refractivity contribution in [3.8, 4) is 0 Å². The molecule has 0 saturated heterocycles. The van der Waals surface area contributed by atoms with E-state index in [1.165, 1.54) is 24.0 Å². The number of nitrogens with zero attached hydrogens (tertiary/aromatic N) is 4. The Hall–Kier alpha value is -4.50. The maximum atomic E-state index is 13.4. The number of carbonyl (C=O) groups is 2. The SMILES string of the molecule is O=C(Nc1nn[nH]n1)c1ccc(CN(C(=O)Nc2cccc(Cl)c2)c2ccc(C3=CCCCC3)cc2)cc1. The van der Waals surface area contributed by atoms with E-state index in [1.807, 2.05) is 24.3 Å². The van der Waals surface area contributed by atoms with Crippen LogP contribution < -0.4 is 15.5 Å². The van der Waals surface area contributed by atoms with Crippen LogP contribution in [0.25, 0.3) is 5.57 Å². The van der Waals surface area contributed by atoms with E-state index in [2.05, 4.69) is 49.5 Å². The number of halogens is 1. The van der Waals surface area contributed by atoms with Gasteiger partial charge in [-0.1, -0.05) is 53.1 Å². The van der Waals surface area contributed by atoms with Crippen LogP contribution in [0.5, 0.6) is 0 Å². The van der Waals surface area contributed by atoms with Crippen LogP contribution in [0.3, 0.4) is 0 Å². The van der Waals surface area contributed by atoms with Crippen molar-refractivity contribution in [2.45, 2.75) is 32.2 Å². The van der Waals surface area contributed by atoms with Gasteiger partial charge in [-0.15, -0.1) is 5.10 Å². The van der Waals surface area contributed by atoms with Gasteiger partial charge in [0.15, 0.2) is 0 Å². The van der Waals surface area contributed by atoms with Gasteiger partial charge in [-0.3, -0.25) is 15.0 Å². The molecule has 10 heteroatoms. The molecule has 0 fully saturated rings. The topological polar surface area (TPSA) is 116 Å². The fraction of sp³-hybridized carbons (Fsp3) is 0.179. The minimum atomic E-state index is -0.360. The predicted molar refractivity (Wildman–Crippen MR) is 148 cm³/mol. The van der Waals surface area contributed by atoms with Gasteiger partial charge in [0, 0.05) is 22.0 Å². The van der Waals surface area contributed by atoms with Crippen molar-refractivity contribution in [3.05, 3.63) is 101 Å². The van der Waals surface area contributed by atoms with Crippen molar-refractivity contribution in [2.75, 3.05) is 15.5 Å². The van der Waals surface area contributed by atoms with E-state index < -0.39 is 0 Å². The molecule has 0 saturated carbocycles. The lowest BCUT2D eigenvalue weighted by atomic mass is 9.93. The number of amides is 3. The summed E-state index contributed by atoms with van der Waals surface area (Å²) in [4.78, 5) is 27.5. The molecule has 1 aromatic heterocycles. The zero-order chi connectivity index (χ0) is 26.3. The number of aromatic amines is 1. The van der Waals surface area contributed by atoms with Gasteiger partial charge in [-0.2, -0.15) is 5.21 Å². The Labute approximate surface area is 224 Å². The molecule has 0 radical (unpaired) electrons. The highest BCUT2D eigenvalue weighted by atomic mass is 35.5. The molecule has 5 rings (SSSR count). The highest BCUT2D eigenvalue weighted by molar-refractivity contribution is 6.30. The average Bonchev–Trinajstić information content (AvgIpc) is 3.46. The number of urea groups is 1. The third-order valence-corrected chi connectivity index (χ3v) is 6.52. The van der Waals surface area contributed by atoms with E-state index in [4.69, 9.17) is 11.6 Å². The molecule has 3 amide bonds. The molecule has 0 spiro atoms. The molecule has 0 atom stereocenters. The van der Waals surface area contributed by atoms with E-state index >= 15 is 0 Å². The fourth-order valence-corrected chi connectivity index (χ4v) is 4.52. The number of allylic oxidation sites excluding steroid dienone is 2. The van der Waals surface area contributed by atoms with Gasteiger partial charge in [0.05, 0.1) is 6.54 Å². The first-order valence-corrected chi connectivity index (χ1v) is 12.7. The molecular formula is C28H26ClN7O2. The number of anilines is 3. The number of rotatable bonds is 7. The normalized spacial score (nSPS) is 12.9. The molecule has 1 heterocycles. The van der Waals surface area contributed by atoms with Crippen LogP contribution in [0.2, 0.25) is 5.02 Å². The lowest BCUT2D eigenvalue weighted by Gasteiger charge is -2.24. The molecule has 4 aromatic rings. The van der Waals surface area contributed by atoms with Crippen molar-refractivity contribution < 1.29 is 9.59 Å². The monoisotopic (exact) mass is 527 g/mol. The summed E-state index contributed by atoms with van der Waals surface area (Å²) in [5.74, 6) is -0.267. The largest absolute Gasteiger partial charge is 0.326 e. The molecule has 0 bridgehead atoms. The first kappa shape index (κ1) is 25.2. The Bertz CT molecular complexity index is 1440. The van der Waals surface area contributed by atoms with Crippen molar-refractivity contribution in [2.24, 2.45) is 0 Å². The zero-order valence-corrected chi connectivity index (χ0v) is 21.3. The van der Waals surface area contributed by atoms with E-state index in [0.29, 0.717) is 22.8 Å². The Morgan fingerprint density at radius 3 is 2.47 bits per heavy atom. The van der Waals surface area contributed by atoms with E-state index in [-0.39, 0.29) is 17.9 Å². The first-order chi connectivity index (χ1) is 18.5. The average molecular weight is 528 g/mol. The summed E-state index contributed by atoms with van der Waals surface area (Å²) in [6.07, 6.45) is 6.92. The number of tetrazole rings is 1. The molecule has 1 aliphatic rings. The molecular weight excluding hydrogens is 502 g/mol. The third kappa shape index (κ3) is 6.24. The minimum absolute atomic E-state index is 0.0929. The van der Waals surface area contributed by atoms with Gasteiger partial charge < -0.3 is 5.32 Å². The molecule has 1 aliphatic carbocycles. The summed E-state index contributed by atoms with van der Waals surface area (Å²) in [5.41, 5.74) is 5.17. The van der Waals surface area contributed by atoms with Crippen LogP contribution in [0.1, 0.15) is 47.2 Å². The Morgan fingerprint density at radius 2 is 1.79 bits per heavy atom. The number of hydrogen-bond donors (Lipinski definition) is 3. The molecule has 3 N–H and O–H groups in total. The van der Waals surface area contributed by atoms with Crippen LogP contribution >= 0.6 is 11.6 Å². The number of H-pyrrole nitrogens is 1. The summed E-state index contributed by atoms with van der Waals surface area (Å²) in [6.45, 7) is 0.293. The van der Waals surface area contributed by atoms with E-state index in [1.54, 1.807) is 41.3 Å². The Balaban J connectivity index is 1.36. The molecule has 38 heavy (non-hydrogen) atoms. The van der Waals surface area contributed by atoms with Gasteiger partial charge >= 0.3 is 6.03 Å². The Kier molecular flexibility index (Phi) is 7.75. The van der Waals surface area contributed by atoms with Crippen molar-refractivity contribution >= 4 is 46.4 Å². The first-order valence-electron chi connectivity index (χ1n) is 12.3. The predicted octanol–water partition coefficient (Wildman–Crippen LogP) is 6.30. The second-order valence-corrected chi connectivity index (χ2v) is 9.37. The molecule has 3 aromatic carbocycles. The van der Waals surface area contributed by atoms with Gasteiger partial charge in [-0.05, 0) is 90.1 Å². The van der Waals surface area contributed by atoms with Crippen molar-refractivity contribution in [3.63, 3.8) is 0 Å². The van der Waals surface area contributed by atoms with Crippen molar-refractivity contribution in [1.29, 1.82) is 0 Å². The van der Waals surface area contributed by atoms with Crippen LogP contribution in [-0.2, 0) is 6.54 Å². The maximum absolute atomic E-state index is 13.4. The fourth-order valence-electron chi connectivity index (χ4n) is 4.33.